The molecular weight excluding hydrogens is 447 g/mol. The maximum Gasteiger partial charge on any atom is 0.245 e. The van der Waals surface area contributed by atoms with Crippen LogP contribution in [0.1, 0.15) is 12.0 Å². The number of benzene rings is 2. The van der Waals surface area contributed by atoms with Gasteiger partial charge in [-0.2, -0.15) is 0 Å². The Balaban J connectivity index is 1.43. The van der Waals surface area contributed by atoms with Gasteiger partial charge in [-0.1, -0.05) is 41.9 Å². The molecule has 2 amide bonds. The van der Waals surface area contributed by atoms with Gasteiger partial charge in [0.1, 0.15) is 5.75 Å². The third-order valence-corrected chi connectivity index (χ3v) is 6.99. The molecule has 2 aromatic carbocycles. The predicted octanol–water partition coefficient (Wildman–Crippen LogP) is 4.70. The molecule has 2 aliphatic rings. The first-order valence-electron chi connectivity index (χ1n) is 10.7. The molecule has 0 radical (unpaired) electrons. The summed E-state index contributed by atoms with van der Waals surface area (Å²) in [6.07, 6.45) is 2.31. The maximum atomic E-state index is 12.9. The highest BCUT2D eigenvalue weighted by molar-refractivity contribution is 6.34. The first kappa shape index (κ1) is 22.7. The van der Waals surface area contributed by atoms with Crippen molar-refractivity contribution in [2.24, 2.45) is 11.8 Å². The van der Waals surface area contributed by atoms with Crippen molar-refractivity contribution >= 4 is 35.0 Å². The van der Waals surface area contributed by atoms with Crippen LogP contribution < -0.4 is 4.74 Å². The van der Waals surface area contributed by atoms with Crippen molar-refractivity contribution in [3.05, 3.63) is 64.7 Å². The molecular formula is C25H26Cl2N2O3. The topological polar surface area (TPSA) is 49.9 Å². The number of carbonyl (C=O) groups excluding carboxylic acids is 2. The number of hydrogen-bond donors (Lipinski definition) is 0. The van der Waals surface area contributed by atoms with Gasteiger partial charge in [0.15, 0.2) is 0 Å². The normalized spacial score (nSPS) is 19.7. The molecule has 168 valence electrons. The number of rotatable bonds is 6. The molecule has 2 fully saturated rings. The van der Waals surface area contributed by atoms with Gasteiger partial charge < -0.3 is 14.5 Å². The Morgan fingerprint density at radius 3 is 2.41 bits per heavy atom. The molecule has 2 aliphatic heterocycles. The van der Waals surface area contributed by atoms with Gasteiger partial charge in [0, 0.05) is 55.0 Å². The van der Waals surface area contributed by atoms with E-state index < -0.39 is 0 Å². The van der Waals surface area contributed by atoms with Gasteiger partial charge in [0.25, 0.3) is 0 Å². The van der Waals surface area contributed by atoms with Crippen LogP contribution in [0, 0.1) is 11.8 Å². The lowest BCUT2D eigenvalue weighted by Crippen LogP contribution is -2.35. The van der Waals surface area contributed by atoms with Crippen molar-refractivity contribution in [3.8, 4) is 16.9 Å². The van der Waals surface area contributed by atoms with Crippen molar-refractivity contribution in [2.45, 2.75) is 12.8 Å². The quantitative estimate of drug-likeness (QED) is 0.572. The smallest absolute Gasteiger partial charge is 0.245 e. The summed E-state index contributed by atoms with van der Waals surface area (Å²) in [5.74, 6) is 1.47. The summed E-state index contributed by atoms with van der Waals surface area (Å²) < 4.78 is 5.52. The van der Waals surface area contributed by atoms with Crippen molar-refractivity contribution in [1.82, 2.24) is 9.80 Å². The van der Waals surface area contributed by atoms with E-state index in [1.165, 1.54) is 6.08 Å². The van der Waals surface area contributed by atoms with Crippen LogP contribution >= 0.6 is 23.2 Å². The highest BCUT2D eigenvalue weighted by atomic mass is 35.5. The van der Waals surface area contributed by atoms with Gasteiger partial charge in [-0.05, 0) is 47.9 Å². The van der Waals surface area contributed by atoms with E-state index in [9.17, 15) is 9.59 Å². The molecule has 2 unspecified atom stereocenters. The van der Waals surface area contributed by atoms with Crippen molar-refractivity contribution in [3.63, 3.8) is 0 Å². The number of aryl methyl sites for hydroxylation is 1. The Morgan fingerprint density at radius 2 is 1.78 bits per heavy atom. The molecule has 2 atom stereocenters. The summed E-state index contributed by atoms with van der Waals surface area (Å²) in [7, 11) is 1.61. The van der Waals surface area contributed by atoms with Crippen molar-refractivity contribution in [2.75, 3.05) is 33.3 Å². The Hall–Kier alpha value is -2.50. The highest BCUT2D eigenvalue weighted by Crippen LogP contribution is 2.36. The van der Waals surface area contributed by atoms with E-state index in [0.29, 0.717) is 66.7 Å². The number of methoxy groups -OCH3 is 1. The number of hydrogen-bond acceptors (Lipinski definition) is 3. The number of likely N-dealkylation sites (tertiary alicyclic amines) is 2. The van der Waals surface area contributed by atoms with E-state index in [0.717, 1.165) is 16.7 Å². The molecule has 2 saturated heterocycles. The summed E-state index contributed by atoms with van der Waals surface area (Å²) in [6, 6.07) is 11.3. The van der Waals surface area contributed by atoms with Crippen LogP contribution in [0.4, 0.5) is 0 Å². The lowest BCUT2D eigenvalue weighted by Gasteiger charge is -2.21. The zero-order chi connectivity index (χ0) is 22.8. The lowest BCUT2D eigenvalue weighted by molar-refractivity contribution is -0.130. The number of amides is 2. The fourth-order valence-corrected chi connectivity index (χ4v) is 5.22. The Kier molecular flexibility index (Phi) is 6.77. The minimum absolute atomic E-state index is 0.0254. The van der Waals surface area contributed by atoms with E-state index in [4.69, 9.17) is 27.9 Å². The van der Waals surface area contributed by atoms with Gasteiger partial charge in [0.05, 0.1) is 12.1 Å². The summed E-state index contributed by atoms with van der Waals surface area (Å²) in [5, 5.41) is 1.21. The molecule has 0 bridgehead atoms. The second-order valence-corrected chi connectivity index (χ2v) is 9.26. The van der Waals surface area contributed by atoms with Gasteiger partial charge in [0.2, 0.25) is 11.8 Å². The second-order valence-electron chi connectivity index (χ2n) is 8.42. The Bertz CT molecular complexity index is 1040. The predicted molar refractivity (Wildman–Crippen MR) is 127 cm³/mol. The molecule has 5 nitrogen and oxygen atoms in total. The number of nitrogens with zero attached hydrogens (tertiary/aromatic N) is 2. The molecule has 2 aromatic rings. The van der Waals surface area contributed by atoms with E-state index in [1.54, 1.807) is 13.2 Å². The van der Waals surface area contributed by atoms with Crippen LogP contribution in [-0.4, -0.2) is 54.9 Å². The van der Waals surface area contributed by atoms with Gasteiger partial charge in [-0.3, -0.25) is 9.59 Å². The Labute approximate surface area is 198 Å². The van der Waals surface area contributed by atoms with E-state index >= 15 is 0 Å². The Morgan fingerprint density at radius 1 is 1.09 bits per heavy atom. The fraction of sp³-hybridized carbons (Fsp3) is 0.360. The molecule has 0 N–H and O–H groups in total. The van der Waals surface area contributed by atoms with Crippen LogP contribution in [0.15, 0.2) is 49.1 Å². The molecule has 0 saturated carbocycles. The summed E-state index contributed by atoms with van der Waals surface area (Å²) >= 11 is 12.7. The van der Waals surface area contributed by atoms with E-state index in [-0.39, 0.29) is 11.8 Å². The average molecular weight is 473 g/mol. The molecule has 2 heterocycles. The van der Waals surface area contributed by atoms with E-state index in [2.05, 4.69) is 6.58 Å². The van der Waals surface area contributed by atoms with E-state index in [1.807, 2.05) is 40.1 Å². The van der Waals surface area contributed by atoms with Crippen molar-refractivity contribution in [1.29, 1.82) is 0 Å². The number of carbonyl (C=O) groups is 2. The first-order valence-corrected chi connectivity index (χ1v) is 11.5. The van der Waals surface area contributed by atoms with Crippen LogP contribution in [0.2, 0.25) is 10.0 Å². The van der Waals surface area contributed by atoms with Crippen LogP contribution in [0.5, 0.6) is 5.75 Å². The molecule has 0 spiro atoms. The molecule has 32 heavy (non-hydrogen) atoms. The minimum atomic E-state index is -0.0254. The average Bonchev–Trinajstić information content (AvgIpc) is 3.36. The fourth-order valence-electron chi connectivity index (χ4n) is 4.77. The molecule has 4 rings (SSSR count). The van der Waals surface area contributed by atoms with Crippen LogP contribution in [0.25, 0.3) is 11.1 Å². The molecule has 0 aromatic heterocycles. The zero-order valence-corrected chi connectivity index (χ0v) is 19.5. The monoisotopic (exact) mass is 472 g/mol. The SMILES string of the molecule is C=CC(=O)N1CC2CN(C(=O)CCc3cc(-c4cccc(Cl)c4)c(Cl)cc3OC)CC2C1. The molecule has 0 aliphatic carbocycles. The molecule has 7 heteroatoms. The number of ether oxygens (including phenoxy) is 1. The van der Waals surface area contributed by atoms with Gasteiger partial charge in [-0.15, -0.1) is 0 Å². The zero-order valence-electron chi connectivity index (χ0n) is 18.0. The largest absolute Gasteiger partial charge is 0.496 e. The summed E-state index contributed by atoms with van der Waals surface area (Å²) in [6.45, 7) is 6.38. The van der Waals surface area contributed by atoms with Gasteiger partial charge in [-0.25, -0.2) is 0 Å². The van der Waals surface area contributed by atoms with Crippen LogP contribution in [-0.2, 0) is 16.0 Å². The maximum absolute atomic E-state index is 12.9. The minimum Gasteiger partial charge on any atom is -0.496 e. The lowest BCUT2D eigenvalue weighted by atomic mass is 9.99. The first-order chi connectivity index (χ1) is 15.4. The number of halogens is 2. The van der Waals surface area contributed by atoms with Gasteiger partial charge >= 0.3 is 0 Å². The third-order valence-electron chi connectivity index (χ3n) is 6.44. The van der Waals surface area contributed by atoms with Crippen LogP contribution in [0.3, 0.4) is 0 Å². The summed E-state index contributed by atoms with van der Waals surface area (Å²) in [5.41, 5.74) is 2.71. The number of fused-ring (bicyclic) bond motifs is 1. The summed E-state index contributed by atoms with van der Waals surface area (Å²) in [4.78, 5) is 28.6. The standard InChI is InChI=1S/C25H26Cl2N2O3/c1-3-24(30)28-12-18-14-29(15-19(18)13-28)25(31)8-7-17-10-21(22(27)11-23(17)32-2)16-5-4-6-20(26)9-16/h3-6,9-11,18-19H,1,7-8,12-15H2,2H3. The highest BCUT2D eigenvalue weighted by Gasteiger charge is 2.42. The van der Waals surface area contributed by atoms with Crippen molar-refractivity contribution < 1.29 is 14.3 Å². The second kappa shape index (κ2) is 9.55. The third kappa shape index (κ3) is 4.64.